The summed E-state index contributed by atoms with van der Waals surface area (Å²) in [6.45, 7) is 0. The molecule has 0 radical (unpaired) electrons. The van der Waals surface area contributed by atoms with E-state index >= 15 is 0 Å². The standard InChI is InChI=1S/C7H7NO2S/c9-11(10)4-6-2-1-3-8-7(6)5-11/h1-3H,4-5H2. The van der Waals surface area contributed by atoms with Crippen LogP contribution in [0.3, 0.4) is 0 Å². The van der Waals surface area contributed by atoms with Crippen LogP contribution >= 0.6 is 0 Å². The SMILES string of the molecule is O=S1(=O)Cc2cccnc2C1. The Kier molecular flexibility index (Phi) is 1.26. The molecule has 0 fully saturated rings. The molecule has 3 nitrogen and oxygen atoms in total. The Balaban J connectivity index is 2.57. The van der Waals surface area contributed by atoms with Crippen molar-refractivity contribution in [3.05, 3.63) is 29.6 Å². The molecule has 0 unspecified atom stereocenters. The summed E-state index contributed by atoms with van der Waals surface area (Å²) in [7, 11) is -2.87. The van der Waals surface area contributed by atoms with Gasteiger partial charge in [-0.2, -0.15) is 0 Å². The van der Waals surface area contributed by atoms with Crippen molar-refractivity contribution in [1.82, 2.24) is 4.98 Å². The second-order valence-corrected chi connectivity index (χ2v) is 4.71. The zero-order chi connectivity index (χ0) is 7.90. The van der Waals surface area contributed by atoms with Crippen LogP contribution in [0.5, 0.6) is 0 Å². The summed E-state index contributed by atoms with van der Waals surface area (Å²) in [5.74, 6) is 0.277. The molecular weight excluding hydrogens is 162 g/mol. The van der Waals surface area contributed by atoms with Gasteiger partial charge in [0.15, 0.2) is 9.84 Å². The molecule has 0 bridgehead atoms. The summed E-state index contributed by atoms with van der Waals surface area (Å²) >= 11 is 0. The van der Waals surface area contributed by atoms with Crippen LogP contribution in [-0.2, 0) is 21.3 Å². The van der Waals surface area contributed by atoms with Gasteiger partial charge in [-0.3, -0.25) is 4.98 Å². The third-order valence-electron chi connectivity index (χ3n) is 1.72. The first-order valence-electron chi connectivity index (χ1n) is 3.30. The Morgan fingerprint density at radius 3 is 2.91 bits per heavy atom. The number of hydrogen-bond acceptors (Lipinski definition) is 3. The van der Waals surface area contributed by atoms with E-state index in [-0.39, 0.29) is 11.5 Å². The molecule has 4 heteroatoms. The number of nitrogens with zero attached hydrogens (tertiary/aromatic N) is 1. The van der Waals surface area contributed by atoms with Gasteiger partial charge >= 0.3 is 0 Å². The van der Waals surface area contributed by atoms with Gasteiger partial charge < -0.3 is 0 Å². The maximum atomic E-state index is 11.0. The second kappa shape index (κ2) is 2.04. The largest absolute Gasteiger partial charge is 0.260 e. The first-order valence-corrected chi connectivity index (χ1v) is 5.13. The van der Waals surface area contributed by atoms with Crippen molar-refractivity contribution in [2.24, 2.45) is 0 Å². The van der Waals surface area contributed by atoms with Crippen molar-refractivity contribution in [2.45, 2.75) is 11.5 Å². The zero-order valence-electron chi connectivity index (χ0n) is 5.82. The van der Waals surface area contributed by atoms with Gasteiger partial charge in [-0.1, -0.05) is 6.07 Å². The highest BCUT2D eigenvalue weighted by Crippen LogP contribution is 2.21. The van der Waals surface area contributed by atoms with E-state index < -0.39 is 9.84 Å². The predicted molar refractivity (Wildman–Crippen MR) is 40.6 cm³/mol. The lowest BCUT2D eigenvalue weighted by atomic mass is 10.2. The molecule has 0 saturated heterocycles. The molecule has 0 spiro atoms. The number of rotatable bonds is 0. The van der Waals surface area contributed by atoms with E-state index in [1.807, 2.05) is 6.07 Å². The number of pyridine rings is 1. The average Bonchev–Trinajstić information content (AvgIpc) is 2.21. The van der Waals surface area contributed by atoms with Crippen LogP contribution in [0.2, 0.25) is 0 Å². The van der Waals surface area contributed by atoms with Crippen molar-refractivity contribution >= 4 is 9.84 Å². The van der Waals surface area contributed by atoms with E-state index in [0.29, 0.717) is 5.69 Å². The Labute approximate surface area is 65.0 Å². The van der Waals surface area contributed by atoms with E-state index in [4.69, 9.17) is 0 Å². The van der Waals surface area contributed by atoms with Gasteiger partial charge in [0.25, 0.3) is 0 Å². The van der Waals surface area contributed by atoms with Crippen LogP contribution in [0, 0.1) is 0 Å². The molecule has 0 N–H and O–H groups in total. The predicted octanol–water partition coefficient (Wildman–Crippen LogP) is 0.510. The van der Waals surface area contributed by atoms with Gasteiger partial charge in [-0.25, -0.2) is 8.42 Å². The molecular formula is C7H7NO2S. The van der Waals surface area contributed by atoms with E-state index in [1.165, 1.54) is 0 Å². The highest BCUT2D eigenvalue weighted by molar-refractivity contribution is 7.90. The lowest BCUT2D eigenvalue weighted by Crippen LogP contribution is -1.95. The van der Waals surface area contributed by atoms with Crippen LogP contribution < -0.4 is 0 Å². The van der Waals surface area contributed by atoms with Crippen molar-refractivity contribution in [3.8, 4) is 0 Å². The Morgan fingerprint density at radius 1 is 1.36 bits per heavy atom. The topological polar surface area (TPSA) is 47.0 Å². The maximum absolute atomic E-state index is 11.0. The molecule has 11 heavy (non-hydrogen) atoms. The minimum Gasteiger partial charge on any atom is -0.260 e. The Morgan fingerprint density at radius 2 is 2.18 bits per heavy atom. The van der Waals surface area contributed by atoms with Crippen LogP contribution in [0.15, 0.2) is 18.3 Å². The van der Waals surface area contributed by atoms with E-state index in [9.17, 15) is 8.42 Å². The van der Waals surface area contributed by atoms with Crippen LogP contribution in [0.4, 0.5) is 0 Å². The van der Waals surface area contributed by atoms with Crippen LogP contribution in [-0.4, -0.2) is 13.4 Å². The maximum Gasteiger partial charge on any atom is 0.160 e. The molecule has 0 aromatic carbocycles. The Hall–Kier alpha value is -0.900. The second-order valence-electron chi connectivity index (χ2n) is 2.64. The molecule has 1 aromatic heterocycles. The van der Waals surface area contributed by atoms with Crippen LogP contribution in [0.1, 0.15) is 11.3 Å². The Bertz CT molecular complexity index is 352. The molecule has 58 valence electrons. The summed E-state index contributed by atoms with van der Waals surface area (Å²) in [5.41, 5.74) is 1.57. The van der Waals surface area contributed by atoms with Crippen molar-refractivity contribution < 1.29 is 8.42 Å². The lowest BCUT2D eigenvalue weighted by Gasteiger charge is -1.90. The van der Waals surface area contributed by atoms with Gasteiger partial charge in [0.2, 0.25) is 0 Å². The summed E-state index contributed by atoms with van der Waals surface area (Å²) in [4.78, 5) is 3.98. The summed E-state index contributed by atoms with van der Waals surface area (Å²) in [5, 5.41) is 0. The van der Waals surface area contributed by atoms with E-state index in [1.54, 1.807) is 12.3 Å². The van der Waals surface area contributed by atoms with Crippen molar-refractivity contribution in [2.75, 3.05) is 0 Å². The molecule has 2 heterocycles. The van der Waals surface area contributed by atoms with E-state index in [2.05, 4.69) is 4.98 Å². The van der Waals surface area contributed by atoms with Gasteiger partial charge in [0.1, 0.15) is 0 Å². The smallest absolute Gasteiger partial charge is 0.160 e. The number of sulfone groups is 1. The van der Waals surface area contributed by atoms with Gasteiger partial charge in [0.05, 0.1) is 17.2 Å². The van der Waals surface area contributed by atoms with Crippen molar-refractivity contribution in [1.29, 1.82) is 0 Å². The van der Waals surface area contributed by atoms with Gasteiger partial charge in [0, 0.05) is 6.20 Å². The number of aromatic nitrogens is 1. The third-order valence-corrected chi connectivity index (χ3v) is 3.18. The fraction of sp³-hybridized carbons (Fsp3) is 0.286. The molecule has 0 atom stereocenters. The molecule has 0 amide bonds. The third kappa shape index (κ3) is 1.14. The highest BCUT2D eigenvalue weighted by atomic mass is 32.2. The molecule has 1 aromatic rings. The van der Waals surface area contributed by atoms with Crippen LogP contribution in [0.25, 0.3) is 0 Å². The van der Waals surface area contributed by atoms with Crippen molar-refractivity contribution in [3.63, 3.8) is 0 Å². The molecule has 1 aliphatic heterocycles. The quantitative estimate of drug-likeness (QED) is 0.568. The molecule has 0 aliphatic carbocycles. The summed E-state index contributed by atoms with van der Waals surface area (Å²) < 4.78 is 22.1. The first-order chi connectivity index (χ1) is 5.17. The highest BCUT2D eigenvalue weighted by Gasteiger charge is 2.24. The molecule has 2 rings (SSSR count). The minimum absolute atomic E-state index is 0.114. The first kappa shape index (κ1) is 6.79. The number of fused-ring (bicyclic) bond motifs is 1. The monoisotopic (exact) mass is 169 g/mol. The zero-order valence-corrected chi connectivity index (χ0v) is 6.63. The summed E-state index contributed by atoms with van der Waals surface area (Å²) in [6, 6.07) is 3.58. The normalized spacial score (nSPS) is 19.6. The summed E-state index contributed by atoms with van der Waals surface area (Å²) in [6.07, 6.45) is 1.62. The average molecular weight is 169 g/mol. The number of hydrogen-bond donors (Lipinski definition) is 0. The lowest BCUT2D eigenvalue weighted by molar-refractivity contribution is 0.598. The molecule has 0 saturated carbocycles. The van der Waals surface area contributed by atoms with E-state index in [0.717, 1.165) is 5.56 Å². The molecule has 1 aliphatic rings. The fourth-order valence-electron chi connectivity index (χ4n) is 1.23. The van der Waals surface area contributed by atoms with Gasteiger partial charge in [-0.05, 0) is 11.6 Å². The minimum atomic E-state index is -2.87. The van der Waals surface area contributed by atoms with Gasteiger partial charge in [-0.15, -0.1) is 0 Å². The fourth-order valence-corrected chi connectivity index (χ4v) is 2.74.